The van der Waals surface area contributed by atoms with Crippen LogP contribution in [-0.4, -0.2) is 33.0 Å². The van der Waals surface area contributed by atoms with Crippen LogP contribution in [0.1, 0.15) is 16.3 Å². The Labute approximate surface area is 194 Å². The Morgan fingerprint density at radius 2 is 1.94 bits per heavy atom. The van der Waals surface area contributed by atoms with Gasteiger partial charge in [-0.15, -0.1) is 21.5 Å². The molecule has 4 rings (SSSR count). The van der Waals surface area contributed by atoms with Crippen molar-refractivity contribution in [3.63, 3.8) is 0 Å². The van der Waals surface area contributed by atoms with Crippen LogP contribution < -0.4 is 5.32 Å². The number of hydrogen-bond acceptors (Lipinski definition) is 5. The smallest absolute Gasteiger partial charge is 0.230 e. The molecule has 31 heavy (non-hydrogen) atoms. The average Bonchev–Trinajstić information content (AvgIpc) is 3.43. The first-order valence-corrected chi connectivity index (χ1v) is 12.1. The molecule has 2 heterocycles. The fourth-order valence-corrected chi connectivity index (χ4v) is 4.85. The molecular formula is C23H21ClN4OS2. The molecule has 4 aromatic rings. The van der Waals surface area contributed by atoms with Gasteiger partial charge in [0.2, 0.25) is 5.91 Å². The molecule has 0 radical (unpaired) electrons. The van der Waals surface area contributed by atoms with Gasteiger partial charge in [0.1, 0.15) is 5.82 Å². The number of halogens is 1. The fourth-order valence-electron chi connectivity index (χ4n) is 3.13. The summed E-state index contributed by atoms with van der Waals surface area (Å²) in [6.45, 7) is 0.564. The van der Waals surface area contributed by atoms with Crippen LogP contribution in [0.25, 0.3) is 5.69 Å². The van der Waals surface area contributed by atoms with E-state index in [1.165, 1.54) is 16.6 Å². The van der Waals surface area contributed by atoms with Gasteiger partial charge in [-0.05, 0) is 47.7 Å². The fraction of sp³-hybridized carbons (Fsp3) is 0.174. The second kappa shape index (κ2) is 10.6. The molecule has 2 aromatic heterocycles. The first kappa shape index (κ1) is 21.6. The predicted octanol–water partition coefficient (Wildman–Crippen LogP) is 5.02. The van der Waals surface area contributed by atoms with Crippen LogP contribution in [0.15, 0.2) is 77.3 Å². The molecule has 0 aliphatic carbocycles. The second-order valence-corrected chi connectivity index (χ2v) is 9.26. The number of benzene rings is 2. The molecule has 158 valence electrons. The number of thiophene rings is 1. The van der Waals surface area contributed by atoms with Crippen molar-refractivity contribution >= 4 is 40.6 Å². The molecule has 0 bridgehead atoms. The van der Waals surface area contributed by atoms with Crippen LogP contribution >= 0.6 is 34.7 Å². The first-order chi connectivity index (χ1) is 15.2. The Hall–Kier alpha value is -2.61. The maximum Gasteiger partial charge on any atom is 0.230 e. The second-order valence-electron chi connectivity index (χ2n) is 6.84. The Balaban J connectivity index is 1.39. The van der Waals surface area contributed by atoms with E-state index in [0.717, 1.165) is 23.5 Å². The van der Waals surface area contributed by atoms with E-state index in [1.807, 2.05) is 65.2 Å². The third-order valence-corrected chi connectivity index (χ3v) is 6.62. The largest absolute Gasteiger partial charge is 0.355 e. The number of aromatic nitrogens is 3. The highest BCUT2D eigenvalue weighted by Gasteiger charge is 2.16. The summed E-state index contributed by atoms with van der Waals surface area (Å²) in [4.78, 5) is 13.6. The van der Waals surface area contributed by atoms with Crippen molar-refractivity contribution < 1.29 is 4.79 Å². The molecule has 0 aliphatic heterocycles. The van der Waals surface area contributed by atoms with Crippen LogP contribution in [-0.2, 0) is 17.6 Å². The van der Waals surface area contributed by atoms with E-state index in [0.29, 0.717) is 23.1 Å². The lowest BCUT2D eigenvalue weighted by Gasteiger charge is -2.10. The quantitative estimate of drug-likeness (QED) is 0.350. The van der Waals surface area contributed by atoms with Crippen molar-refractivity contribution in [3.8, 4) is 5.69 Å². The van der Waals surface area contributed by atoms with Crippen molar-refractivity contribution in [2.75, 3.05) is 12.3 Å². The minimum atomic E-state index is -0.0329. The SMILES string of the molecule is O=C(CSc1nnc(Cc2cccs2)n1-c1ccccc1)NCCc1cccc(Cl)c1. The van der Waals surface area contributed by atoms with Gasteiger partial charge in [-0.25, -0.2) is 0 Å². The molecule has 0 fully saturated rings. The van der Waals surface area contributed by atoms with E-state index in [-0.39, 0.29) is 11.7 Å². The molecule has 2 aromatic carbocycles. The summed E-state index contributed by atoms with van der Waals surface area (Å²) in [6.07, 6.45) is 1.44. The van der Waals surface area contributed by atoms with Gasteiger partial charge < -0.3 is 5.32 Å². The lowest BCUT2D eigenvalue weighted by atomic mass is 10.1. The van der Waals surface area contributed by atoms with Gasteiger partial charge in [0.25, 0.3) is 0 Å². The number of hydrogen-bond donors (Lipinski definition) is 1. The number of amides is 1. The maximum atomic E-state index is 12.4. The van der Waals surface area contributed by atoms with Crippen LogP contribution in [0.5, 0.6) is 0 Å². The minimum Gasteiger partial charge on any atom is -0.355 e. The van der Waals surface area contributed by atoms with Gasteiger partial charge in [0.15, 0.2) is 5.16 Å². The average molecular weight is 469 g/mol. The summed E-state index contributed by atoms with van der Waals surface area (Å²) < 4.78 is 2.03. The van der Waals surface area contributed by atoms with E-state index >= 15 is 0 Å². The highest BCUT2D eigenvalue weighted by molar-refractivity contribution is 7.99. The molecule has 1 amide bonds. The van der Waals surface area contributed by atoms with E-state index < -0.39 is 0 Å². The number of para-hydroxylation sites is 1. The van der Waals surface area contributed by atoms with Crippen LogP contribution in [0.3, 0.4) is 0 Å². The van der Waals surface area contributed by atoms with Crippen LogP contribution in [0.4, 0.5) is 0 Å². The monoisotopic (exact) mass is 468 g/mol. The van der Waals surface area contributed by atoms with Gasteiger partial charge in [-0.2, -0.15) is 0 Å². The summed E-state index contributed by atoms with van der Waals surface area (Å²) in [5.74, 6) is 1.10. The molecule has 8 heteroatoms. The summed E-state index contributed by atoms with van der Waals surface area (Å²) in [5, 5.41) is 15.2. The van der Waals surface area contributed by atoms with Gasteiger partial charge in [-0.1, -0.05) is 59.8 Å². The van der Waals surface area contributed by atoms with E-state index in [9.17, 15) is 4.79 Å². The number of thioether (sulfide) groups is 1. The normalized spacial score (nSPS) is 10.9. The standard InChI is InChI=1S/C23H21ClN4OS2/c24-18-7-4-6-17(14-18)11-12-25-22(29)16-31-23-27-26-21(15-20-10-5-13-30-20)28(23)19-8-2-1-3-9-19/h1-10,13-14H,11-12,15-16H2,(H,25,29). The van der Waals surface area contributed by atoms with Crippen LogP contribution in [0.2, 0.25) is 5.02 Å². The Bertz CT molecular complexity index is 1130. The zero-order valence-corrected chi connectivity index (χ0v) is 19.1. The lowest BCUT2D eigenvalue weighted by Crippen LogP contribution is -2.27. The van der Waals surface area contributed by atoms with E-state index in [4.69, 9.17) is 11.6 Å². The number of nitrogens with zero attached hydrogens (tertiary/aromatic N) is 3. The summed E-state index contributed by atoms with van der Waals surface area (Å²) in [5.41, 5.74) is 2.09. The molecule has 0 aliphatic rings. The molecule has 5 nitrogen and oxygen atoms in total. The predicted molar refractivity (Wildman–Crippen MR) is 127 cm³/mol. The highest BCUT2D eigenvalue weighted by Crippen LogP contribution is 2.24. The highest BCUT2D eigenvalue weighted by atomic mass is 35.5. The zero-order valence-electron chi connectivity index (χ0n) is 16.7. The number of nitrogens with one attached hydrogen (secondary N) is 1. The van der Waals surface area contributed by atoms with Crippen molar-refractivity contribution in [1.82, 2.24) is 20.1 Å². The lowest BCUT2D eigenvalue weighted by molar-refractivity contribution is -0.118. The molecule has 0 atom stereocenters. The van der Waals surface area contributed by atoms with E-state index in [2.05, 4.69) is 27.0 Å². The summed E-state index contributed by atoms with van der Waals surface area (Å²) in [6, 6.07) is 21.8. The number of carbonyl (C=O) groups excluding carboxylic acids is 1. The molecule has 0 saturated heterocycles. The summed E-state index contributed by atoms with van der Waals surface area (Å²) >= 11 is 9.10. The third kappa shape index (κ3) is 5.97. The van der Waals surface area contributed by atoms with Gasteiger partial charge >= 0.3 is 0 Å². The molecule has 0 saturated carbocycles. The Morgan fingerprint density at radius 3 is 2.71 bits per heavy atom. The molecule has 1 N–H and O–H groups in total. The molecule has 0 unspecified atom stereocenters. The Kier molecular flexibility index (Phi) is 7.40. The van der Waals surface area contributed by atoms with E-state index in [1.54, 1.807) is 11.3 Å². The van der Waals surface area contributed by atoms with Crippen molar-refractivity contribution in [2.24, 2.45) is 0 Å². The van der Waals surface area contributed by atoms with Crippen molar-refractivity contribution in [2.45, 2.75) is 18.0 Å². The van der Waals surface area contributed by atoms with Crippen LogP contribution in [0, 0.1) is 0 Å². The van der Waals surface area contributed by atoms with Gasteiger partial charge in [0.05, 0.1) is 5.75 Å². The topological polar surface area (TPSA) is 59.8 Å². The minimum absolute atomic E-state index is 0.0329. The van der Waals surface area contributed by atoms with Crippen molar-refractivity contribution in [1.29, 1.82) is 0 Å². The van der Waals surface area contributed by atoms with Gasteiger partial charge in [0, 0.05) is 28.6 Å². The zero-order chi connectivity index (χ0) is 21.5. The number of rotatable bonds is 9. The maximum absolute atomic E-state index is 12.4. The molecule has 0 spiro atoms. The van der Waals surface area contributed by atoms with Crippen molar-refractivity contribution in [3.05, 3.63) is 93.4 Å². The number of carbonyl (C=O) groups is 1. The first-order valence-electron chi connectivity index (χ1n) is 9.85. The molecular weight excluding hydrogens is 448 g/mol. The third-order valence-electron chi connectivity index (χ3n) is 4.58. The Morgan fingerprint density at radius 1 is 1.06 bits per heavy atom. The summed E-state index contributed by atoms with van der Waals surface area (Å²) in [7, 11) is 0. The van der Waals surface area contributed by atoms with Gasteiger partial charge in [-0.3, -0.25) is 9.36 Å².